The van der Waals surface area contributed by atoms with Gasteiger partial charge in [0.15, 0.2) is 0 Å². The highest BCUT2D eigenvalue weighted by Gasteiger charge is 2.23. The highest BCUT2D eigenvalue weighted by molar-refractivity contribution is 7.80. The predicted octanol–water partition coefficient (Wildman–Crippen LogP) is 3.15. The number of fused-ring (bicyclic) bond motifs is 1. The molecule has 0 saturated heterocycles. The fourth-order valence-electron chi connectivity index (χ4n) is 2.10. The summed E-state index contributed by atoms with van der Waals surface area (Å²) in [7, 11) is 0. The first-order valence-corrected chi connectivity index (χ1v) is 6.90. The summed E-state index contributed by atoms with van der Waals surface area (Å²) in [4.78, 5) is 4.10. The van der Waals surface area contributed by atoms with Crippen molar-refractivity contribution in [1.82, 2.24) is 4.90 Å². The summed E-state index contributed by atoms with van der Waals surface area (Å²) < 4.78 is 0. The second-order valence-corrected chi connectivity index (χ2v) is 5.24. The largest absolute Gasteiger partial charge is 0.293 e. The third-order valence-corrected chi connectivity index (χ3v) is 4.22. The van der Waals surface area contributed by atoms with Crippen LogP contribution in [0.5, 0.6) is 0 Å². The summed E-state index contributed by atoms with van der Waals surface area (Å²) in [6.45, 7) is 4.54. The van der Waals surface area contributed by atoms with Crippen molar-refractivity contribution in [2.75, 3.05) is 18.8 Å². The molecule has 1 unspecified atom stereocenters. The second kappa shape index (κ2) is 5.19. The average Bonchev–Trinajstić information content (AvgIpc) is 2.70. The van der Waals surface area contributed by atoms with Crippen LogP contribution in [-0.4, -0.2) is 23.7 Å². The molecule has 0 radical (unpaired) electrons. The molecule has 1 aromatic rings. The van der Waals surface area contributed by atoms with E-state index in [0.29, 0.717) is 6.04 Å². The zero-order chi connectivity index (χ0) is 10.7. The molecule has 1 aliphatic rings. The summed E-state index contributed by atoms with van der Waals surface area (Å²) in [6.07, 6.45) is 5.56. The Morgan fingerprint density at radius 1 is 1.60 bits per heavy atom. The first kappa shape index (κ1) is 11.2. The predicted molar refractivity (Wildman–Crippen MR) is 71.0 cm³/mol. The van der Waals surface area contributed by atoms with Crippen molar-refractivity contribution in [2.24, 2.45) is 0 Å². The number of rotatable bonds is 3. The molecule has 2 heterocycles. The van der Waals surface area contributed by atoms with E-state index in [0.717, 1.165) is 12.3 Å². The Morgan fingerprint density at radius 2 is 2.47 bits per heavy atom. The third kappa shape index (κ3) is 2.47. The molecular weight excluding hydrogens is 222 g/mol. The van der Waals surface area contributed by atoms with Crippen molar-refractivity contribution < 1.29 is 0 Å². The minimum absolute atomic E-state index is 0.574. The van der Waals surface area contributed by atoms with Crippen LogP contribution in [0.3, 0.4) is 0 Å². The first-order chi connectivity index (χ1) is 7.33. The Hall–Kier alpha value is -0.250. The summed E-state index contributed by atoms with van der Waals surface area (Å²) >= 11 is 6.07. The lowest BCUT2D eigenvalue weighted by atomic mass is 10.0. The molecule has 0 bridgehead atoms. The van der Waals surface area contributed by atoms with Crippen LogP contribution in [-0.2, 0) is 6.42 Å². The van der Waals surface area contributed by atoms with Crippen LogP contribution in [0.15, 0.2) is 23.6 Å². The van der Waals surface area contributed by atoms with E-state index in [4.69, 9.17) is 0 Å². The van der Waals surface area contributed by atoms with Gasteiger partial charge in [-0.2, -0.15) is 12.6 Å². The first-order valence-electron chi connectivity index (χ1n) is 5.39. The van der Waals surface area contributed by atoms with E-state index in [1.807, 2.05) is 11.3 Å². The van der Waals surface area contributed by atoms with Crippen molar-refractivity contribution in [1.29, 1.82) is 0 Å². The lowest BCUT2D eigenvalue weighted by Gasteiger charge is -2.32. The fourth-order valence-corrected chi connectivity index (χ4v) is 3.21. The molecule has 0 saturated carbocycles. The normalized spacial score (nSPS) is 22.1. The van der Waals surface area contributed by atoms with E-state index in [-0.39, 0.29) is 0 Å². The molecule has 1 atom stereocenters. The maximum absolute atomic E-state index is 4.17. The van der Waals surface area contributed by atoms with E-state index in [1.165, 1.54) is 18.5 Å². The molecule has 0 aliphatic carbocycles. The molecule has 2 rings (SSSR count). The van der Waals surface area contributed by atoms with Crippen molar-refractivity contribution in [2.45, 2.75) is 19.4 Å². The van der Waals surface area contributed by atoms with Gasteiger partial charge in [-0.05, 0) is 30.4 Å². The standard InChI is InChI=1S/C12H17NS2/c1-10-11-5-9-15-12(11)4-7-13(10)6-2-3-8-14/h2-3,5,9-10,14H,4,6-8H2,1H3. The van der Waals surface area contributed by atoms with Crippen LogP contribution in [0.4, 0.5) is 0 Å². The van der Waals surface area contributed by atoms with Crippen LogP contribution in [0, 0.1) is 0 Å². The van der Waals surface area contributed by atoms with Gasteiger partial charge in [-0.15, -0.1) is 11.3 Å². The lowest BCUT2D eigenvalue weighted by Crippen LogP contribution is -2.33. The van der Waals surface area contributed by atoms with Crippen LogP contribution in [0.25, 0.3) is 0 Å². The Kier molecular flexibility index (Phi) is 3.89. The van der Waals surface area contributed by atoms with Gasteiger partial charge in [0.1, 0.15) is 0 Å². The van der Waals surface area contributed by atoms with Gasteiger partial charge in [0.25, 0.3) is 0 Å². The van der Waals surface area contributed by atoms with Gasteiger partial charge in [0.2, 0.25) is 0 Å². The van der Waals surface area contributed by atoms with Crippen molar-refractivity contribution in [3.8, 4) is 0 Å². The average molecular weight is 239 g/mol. The van der Waals surface area contributed by atoms with Crippen LogP contribution < -0.4 is 0 Å². The maximum atomic E-state index is 4.17. The van der Waals surface area contributed by atoms with Gasteiger partial charge >= 0.3 is 0 Å². The summed E-state index contributed by atoms with van der Waals surface area (Å²) in [6, 6.07) is 2.85. The Bertz CT molecular complexity index is 343. The van der Waals surface area contributed by atoms with E-state index in [9.17, 15) is 0 Å². The van der Waals surface area contributed by atoms with Crippen LogP contribution >= 0.6 is 24.0 Å². The van der Waals surface area contributed by atoms with Crippen molar-refractivity contribution in [3.05, 3.63) is 34.0 Å². The van der Waals surface area contributed by atoms with E-state index in [1.54, 1.807) is 4.88 Å². The molecule has 1 nitrogen and oxygen atoms in total. The summed E-state index contributed by atoms with van der Waals surface area (Å²) in [5.74, 6) is 0.839. The molecule has 0 amide bonds. The summed E-state index contributed by atoms with van der Waals surface area (Å²) in [5.41, 5.74) is 1.53. The Morgan fingerprint density at radius 3 is 3.27 bits per heavy atom. The van der Waals surface area contributed by atoms with Gasteiger partial charge in [-0.3, -0.25) is 4.90 Å². The quantitative estimate of drug-likeness (QED) is 0.626. The van der Waals surface area contributed by atoms with Gasteiger partial charge < -0.3 is 0 Å². The van der Waals surface area contributed by atoms with Crippen LogP contribution in [0.2, 0.25) is 0 Å². The van der Waals surface area contributed by atoms with Gasteiger partial charge in [0, 0.05) is 29.8 Å². The smallest absolute Gasteiger partial charge is 0.0334 e. The zero-order valence-electron chi connectivity index (χ0n) is 9.02. The van der Waals surface area contributed by atoms with Crippen molar-refractivity contribution in [3.63, 3.8) is 0 Å². The zero-order valence-corrected chi connectivity index (χ0v) is 10.7. The van der Waals surface area contributed by atoms with E-state index in [2.05, 4.69) is 48.1 Å². The molecule has 15 heavy (non-hydrogen) atoms. The lowest BCUT2D eigenvalue weighted by molar-refractivity contribution is 0.223. The topological polar surface area (TPSA) is 3.24 Å². The molecule has 82 valence electrons. The molecule has 3 heteroatoms. The van der Waals surface area contributed by atoms with E-state index >= 15 is 0 Å². The van der Waals surface area contributed by atoms with Crippen LogP contribution in [0.1, 0.15) is 23.4 Å². The number of nitrogens with zero attached hydrogens (tertiary/aromatic N) is 1. The molecule has 1 aliphatic heterocycles. The molecule has 0 spiro atoms. The number of hydrogen-bond acceptors (Lipinski definition) is 3. The third-order valence-electron chi connectivity index (χ3n) is 3.02. The van der Waals surface area contributed by atoms with E-state index < -0.39 is 0 Å². The second-order valence-electron chi connectivity index (χ2n) is 3.87. The Balaban J connectivity index is 2.03. The highest BCUT2D eigenvalue weighted by Crippen LogP contribution is 2.32. The fraction of sp³-hybridized carbons (Fsp3) is 0.500. The van der Waals surface area contributed by atoms with Gasteiger partial charge in [0.05, 0.1) is 0 Å². The monoisotopic (exact) mass is 239 g/mol. The van der Waals surface area contributed by atoms with Gasteiger partial charge in [-0.1, -0.05) is 12.2 Å². The molecule has 0 N–H and O–H groups in total. The molecular formula is C12H17NS2. The molecule has 0 fully saturated rings. The number of thiol groups is 1. The van der Waals surface area contributed by atoms with Gasteiger partial charge in [-0.25, -0.2) is 0 Å². The van der Waals surface area contributed by atoms with Crippen molar-refractivity contribution >= 4 is 24.0 Å². The number of thiophene rings is 1. The number of hydrogen-bond donors (Lipinski definition) is 1. The SMILES string of the molecule is CC1c2ccsc2CCN1CC=CCS. The molecule has 0 aromatic carbocycles. The highest BCUT2D eigenvalue weighted by atomic mass is 32.1. The molecule has 1 aromatic heterocycles. The Labute approximate surface area is 101 Å². The minimum atomic E-state index is 0.574. The minimum Gasteiger partial charge on any atom is -0.293 e. The summed E-state index contributed by atoms with van der Waals surface area (Å²) in [5, 5.41) is 2.22. The maximum Gasteiger partial charge on any atom is 0.0334 e.